The molecule has 0 fully saturated rings. The van der Waals surface area contributed by atoms with Crippen molar-refractivity contribution in [2.45, 2.75) is 20.5 Å². The van der Waals surface area contributed by atoms with Crippen LogP contribution in [0, 0.1) is 5.92 Å². The van der Waals surface area contributed by atoms with Crippen molar-refractivity contribution in [1.82, 2.24) is 19.8 Å². The molecule has 0 aliphatic heterocycles. The van der Waals surface area contributed by atoms with Gasteiger partial charge >= 0.3 is 5.97 Å². The lowest BCUT2D eigenvalue weighted by Gasteiger charge is -2.16. The van der Waals surface area contributed by atoms with E-state index in [1.807, 2.05) is 6.07 Å². The van der Waals surface area contributed by atoms with Gasteiger partial charge in [-0.05, 0) is 24.3 Å². The van der Waals surface area contributed by atoms with E-state index in [0.717, 1.165) is 10.4 Å². The van der Waals surface area contributed by atoms with Crippen LogP contribution in [0.4, 0.5) is 0 Å². The summed E-state index contributed by atoms with van der Waals surface area (Å²) in [5, 5.41) is 6.81. The molecule has 0 saturated heterocycles. The molecule has 1 amide bonds. The fourth-order valence-corrected chi connectivity index (χ4v) is 2.91. The summed E-state index contributed by atoms with van der Waals surface area (Å²) in [5.41, 5.74) is 2.05. The zero-order valence-electron chi connectivity index (χ0n) is 16.5. The van der Waals surface area contributed by atoms with E-state index in [0.29, 0.717) is 21.9 Å². The minimum absolute atomic E-state index is 0.118. The maximum atomic E-state index is 12.7. The molecule has 0 N–H and O–H groups in total. The number of ether oxygens (including phenoxy) is 1. The van der Waals surface area contributed by atoms with Crippen LogP contribution >= 0.6 is 11.6 Å². The van der Waals surface area contributed by atoms with Gasteiger partial charge < -0.3 is 4.74 Å². The SMILES string of the molecule is CON(C)C(=O)c1cnn(-c2ccnc3cc(Cl)ccc23)c1COC(=O)C(C)C. The van der Waals surface area contributed by atoms with Gasteiger partial charge in [0.2, 0.25) is 0 Å². The van der Waals surface area contributed by atoms with Gasteiger partial charge in [0.05, 0.1) is 41.7 Å². The number of hydrogen-bond donors (Lipinski definition) is 0. The Balaban J connectivity index is 2.13. The molecule has 0 atom stereocenters. The number of halogens is 1. The summed E-state index contributed by atoms with van der Waals surface area (Å²) in [6.45, 7) is 3.36. The highest BCUT2D eigenvalue weighted by atomic mass is 35.5. The number of fused-ring (bicyclic) bond motifs is 1. The average Bonchev–Trinajstić information content (AvgIpc) is 3.13. The zero-order chi connectivity index (χ0) is 21.1. The number of carbonyl (C=O) groups is 2. The molecule has 1 aromatic carbocycles. The molecule has 2 heterocycles. The van der Waals surface area contributed by atoms with Gasteiger partial charge in [-0.1, -0.05) is 25.4 Å². The monoisotopic (exact) mass is 416 g/mol. The largest absolute Gasteiger partial charge is 0.459 e. The highest BCUT2D eigenvalue weighted by molar-refractivity contribution is 6.31. The Bertz CT molecular complexity index is 1060. The highest BCUT2D eigenvalue weighted by Gasteiger charge is 2.24. The van der Waals surface area contributed by atoms with E-state index >= 15 is 0 Å². The quantitative estimate of drug-likeness (QED) is 0.452. The molecule has 0 bridgehead atoms. The second-order valence-corrected chi connectivity index (χ2v) is 7.09. The predicted molar refractivity (Wildman–Crippen MR) is 108 cm³/mol. The number of rotatable bonds is 6. The number of benzene rings is 1. The van der Waals surface area contributed by atoms with E-state index in [1.54, 1.807) is 42.9 Å². The zero-order valence-corrected chi connectivity index (χ0v) is 17.3. The average molecular weight is 417 g/mol. The molecule has 152 valence electrons. The third kappa shape index (κ3) is 4.23. The van der Waals surface area contributed by atoms with Crippen molar-refractivity contribution in [3.8, 4) is 5.69 Å². The minimum atomic E-state index is -0.407. The molecule has 3 rings (SSSR count). The Kier molecular flexibility index (Phi) is 6.14. The van der Waals surface area contributed by atoms with Gasteiger partial charge in [0.1, 0.15) is 6.61 Å². The molecule has 9 heteroatoms. The van der Waals surface area contributed by atoms with Crippen LogP contribution < -0.4 is 0 Å². The summed E-state index contributed by atoms with van der Waals surface area (Å²) >= 11 is 6.07. The van der Waals surface area contributed by atoms with Crippen molar-refractivity contribution in [1.29, 1.82) is 0 Å². The highest BCUT2D eigenvalue weighted by Crippen LogP contribution is 2.26. The van der Waals surface area contributed by atoms with Gasteiger partial charge in [0.25, 0.3) is 5.91 Å². The van der Waals surface area contributed by atoms with Crippen LogP contribution in [-0.4, -0.2) is 45.9 Å². The molecule has 0 aliphatic rings. The molecular weight excluding hydrogens is 396 g/mol. The third-order valence-electron chi connectivity index (χ3n) is 4.39. The number of hydroxylamine groups is 2. The van der Waals surface area contributed by atoms with E-state index in [-0.39, 0.29) is 24.1 Å². The molecule has 0 radical (unpaired) electrons. The summed E-state index contributed by atoms with van der Waals surface area (Å²) in [6.07, 6.45) is 3.06. The first-order valence-electron chi connectivity index (χ1n) is 8.93. The van der Waals surface area contributed by atoms with E-state index in [9.17, 15) is 9.59 Å². The normalized spacial score (nSPS) is 11.1. The second kappa shape index (κ2) is 8.59. The maximum absolute atomic E-state index is 12.7. The molecule has 0 unspecified atom stereocenters. The Hall–Kier alpha value is -2.97. The number of hydrogen-bond acceptors (Lipinski definition) is 6. The molecule has 0 aliphatic carbocycles. The lowest BCUT2D eigenvalue weighted by Crippen LogP contribution is -2.26. The van der Waals surface area contributed by atoms with Gasteiger partial charge in [-0.3, -0.25) is 19.4 Å². The topological polar surface area (TPSA) is 86.6 Å². The Labute approximate surface area is 172 Å². The minimum Gasteiger partial charge on any atom is -0.459 e. The number of carbonyl (C=O) groups excluding carboxylic acids is 2. The summed E-state index contributed by atoms with van der Waals surface area (Å²) < 4.78 is 6.97. The lowest BCUT2D eigenvalue weighted by atomic mass is 10.1. The van der Waals surface area contributed by atoms with E-state index in [2.05, 4.69) is 10.1 Å². The fourth-order valence-electron chi connectivity index (χ4n) is 2.75. The van der Waals surface area contributed by atoms with Crippen LogP contribution in [0.25, 0.3) is 16.6 Å². The smallest absolute Gasteiger partial charge is 0.308 e. The van der Waals surface area contributed by atoms with E-state index < -0.39 is 5.91 Å². The van der Waals surface area contributed by atoms with Crippen molar-refractivity contribution < 1.29 is 19.2 Å². The van der Waals surface area contributed by atoms with Gasteiger partial charge in [-0.15, -0.1) is 0 Å². The number of pyridine rings is 1. The number of nitrogens with zero attached hydrogens (tertiary/aromatic N) is 4. The number of amides is 1. The molecule has 2 aromatic heterocycles. The first-order valence-corrected chi connectivity index (χ1v) is 9.31. The van der Waals surface area contributed by atoms with Crippen LogP contribution in [0.2, 0.25) is 5.02 Å². The summed E-state index contributed by atoms with van der Waals surface area (Å²) in [6, 6.07) is 7.09. The van der Waals surface area contributed by atoms with Crippen LogP contribution in [0.1, 0.15) is 29.9 Å². The Morgan fingerprint density at radius 2 is 2.03 bits per heavy atom. The van der Waals surface area contributed by atoms with E-state index in [4.69, 9.17) is 21.2 Å². The van der Waals surface area contributed by atoms with Gasteiger partial charge in [0.15, 0.2) is 0 Å². The third-order valence-corrected chi connectivity index (χ3v) is 4.63. The molecule has 0 spiro atoms. The molecule has 29 heavy (non-hydrogen) atoms. The summed E-state index contributed by atoms with van der Waals surface area (Å²) in [4.78, 5) is 34.0. The first kappa shape index (κ1) is 20.8. The molecule has 8 nitrogen and oxygen atoms in total. The van der Waals surface area contributed by atoms with Crippen LogP contribution in [0.15, 0.2) is 36.7 Å². The fraction of sp³-hybridized carbons (Fsp3) is 0.300. The van der Waals surface area contributed by atoms with Gasteiger partial charge in [-0.25, -0.2) is 9.75 Å². The van der Waals surface area contributed by atoms with E-state index in [1.165, 1.54) is 20.4 Å². The van der Waals surface area contributed by atoms with Crippen molar-refractivity contribution in [2.24, 2.45) is 5.92 Å². The lowest BCUT2D eigenvalue weighted by molar-refractivity contribution is -0.148. The van der Waals surface area contributed by atoms with Crippen molar-refractivity contribution in [3.63, 3.8) is 0 Å². The number of esters is 1. The molecule has 0 saturated carbocycles. The van der Waals surface area contributed by atoms with Gasteiger partial charge in [-0.2, -0.15) is 5.10 Å². The second-order valence-electron chi connectivity index (χ2n) is 6.66. The van der Waals surface area contributed by atoms with Crippen LogP contribution in [0.3, 0.4) is 0 Å². The predicted octanol–water partition coefficient (Wildman–Crippen LogP) is 3.41. The first-order chi connectivity index (χ1) is 13.8. The standard InChI is InChI=1S/C20H21ClN4O4/c1-12(2)20(27)29-11-18-15(19(26)24(3)28-4)10-23-25(18)17-7-8-22-16-9-13(21)5-6-14(16)17/h5-10,12H,11H2,1-4H3. The molecule has 3 aromatic rings. The maximum Gasteiger partial charge on any atom is 0.308 e. The number of aromatic nitrogens is 3. The van der Waals surface area contributed by atoms with Gasteiger partial charge in [0, 0.05) is 23.7 Å². The van der Waals surface area contributed by atoms with Crippen molar-refractivity contribution in [3.05, 3.63) is 52.9 Å². The van der Waals surface area contributed by atoms with Crippen molar-refractivity contribution in [2.75, 3.05) is 14.2 Å². The summed E-state index contributed by atoms with van der Waals surface area (Å²) in [7, 11) is 2.88. The summed E-state index contributed by atoms with van der Waals surface area (Å²) in [5.74, 6) is -1.07. The van der Waals surface area contributed by atoms with Crippen LogP contribution in [-0.2, 0) is 21.0 Å². The Morgan fingerprint density at radius 1 is 1.28 bits per heavy atom. The molecular formula is C20H21ClN4O4. The van der Waals surface area contributed by atoms with Crippen molar-refractivity contribution >= 4 is 34.4 Å². The van der Waals surface area contributed by atoms with Crippen LogP contribution in [0.5, 0.6) is 0 Å². The Morgan fingerprint density at radius 3 is 2.72 bits per heavy atom.